The lowest BCUT2D eigenvalue weighted by Crippen LogP contribution is -2.28. The standard InChI is InChI=1S/C16H17ClN2/c17-14-8-12(9-15(18)10-14)11-19-7-3-5-13-4-1-2-6-16(13)19/h1-2,4,6,8-10H,3,5,7,11,18H2. The minimum atomic E-state index is 0.709. The van der Waals surface area contributed by atoms with Crippen molar-refractivity contribution in [3.63, 3.8) is 0 Å². The summed E-state index contributed by atoms with van der Waals surface area (Å²) in [5, 5.41) is 0.709. The van der Waals surface area contributed by atoms with Gasteiger partial charge in [-0.3, -0.25) is 0 Å². The molecule has 0 amide bonds. The number of para-hydroxylation sites is 1. The summed E-state index contributed by atoms with van der Waals surface area (Å²) in [5.41, 5.74) is 10.5. The molecule has 3 rings (SSSR count). The van der Waals surface area contributed by atoms with Gasteiger partial charge in [0, 0.05) is 29.5 Å². The highest BCUT2D eigenvalue weighted by Gasteiger charge is 2.16. The Labute approximate surface area is 118 Å². The van der Waals surface area contributed by atoms with Crippen LogP contribution in [0.5, 0.6) is 0 Å². The minimum Gasteiger partial charge on any atom is -0.399 e. The molecule has 2 nitrogen and oxygen atoms in total. The Morgan fingerprint density at radius 3 is 2.84 bits per heavy atom. The van der Waals surface area contributed by atoms with Gasteiger partial charge >= 0.3 is 0 Å². The number of rotatable bonds is 2. The van der Waals surface area contributed by atoms with Gasteiger partial charge in [-0.25, -0.2) is 0 Å². The second kappa shape index (κ2) is 5.14. The molecule has 0 bridgehead atoms. The number of nitrogens with two attached hydrogens (primary N) is 1. The summed E-state index contributed by atoms with van der Waals surface area (Å²) in [7, 11) is 0. The molecule has 2 aromatic rings. The van der Waals surface area contributed by atoms with Crippen LogP contribution in [0.1, 0.15) is 17.5 Å². The third-order valence-corrected chi connectivity index (χ3v) is 3.78. The predicted octanol–water partition coefficient (Wildman–Crippen LogP) is 3.88. The van der Waals surface area contributed by atoms with Crippen molar-refractivity contribution in [2.45, 2.75) is 19.4 Å². The zero-order chi connectivity index (χ0) is 13.2. The molecule has 2 aromatic carbocycles. The smallest absolute Gasteiger partial charge is 0.0430 e. The Kier molecular flexibility index (Phi) is 3.34. The Morgan fingerprint density at radius 2 is 2.00 bits per heavy atom. The quantitative estimate of drug-likeness (QED) is 0.841. The fourth-order valence-electron chi connectivity index (χ4n) is 2.76. The van der Waals surface area contributed by atoms with E-state index in [1.54, 1.807) is 6.07 Å². The average Bonchev–Trinajstić information content (AvgIpc) is 2.38. The fraction of sp³-hybridized carbons (Fsp3) is 0.250. The van der Waals surface area contributed by atoms with Crippen LogP contribution in [-0.4, -0.2) is 6.54 Å². The highest BCUT2D eigenvalue weighted by molar-refractivity contribution is 6.30. The summed E-state index contributed by atoms with van der Waals surface area (Å²) in [6, 6.07) is 14.4. The zero-order valence-electron chi connectivity index (χ0n) is 10.8. The van der Waals surface area contributed by atoms with Gasteiger partial charge in [0.05, 0.1) is 0 Å². The molecule has 1 heterocycles. The minimum absolute atomic E-state index is 0.709. The molecule has 1 aliphatic rings. The Morgan fingerprint density at radius 1 is 1.16 bits per heavy atom. The maximum absolute atomic E-state index is 6.07. The SMILES string of the molecule is Nc1cc(Cl)cc(CN2CCCc3ccccc32)c1. The molecule has 0 aliphatic carbocycles. The number of halogens is 1. The largest absolute Gasteiger partial charge is 0.399 e. The molecule has 0 spiro atoms. The molecule has 3 heteroatoms. The highest BCUT2D eigenvalue weighted by atomic mass is 35.5. The summed E-state index contributed by atoms with van der Waals surface area (Å²) in [5.74, 6) is 0. The third kappa shape index (κ3) is 2.69. The first-order valence-corrected chi connectivity index (χ1v) is 6.98. The van der Waals surface area contributed by atoms with Gasteiger partial charge in [-0.1, -0.05) is 29.8 Å². The summed E-state index contributed by atoms with van der Waals surface area (Å²) in [6.45, 7) is 1.95. The number of hydrogen-bond acceptors (Lipinski definition) is 2. The van der Waals surface area contributed by atoms with Crippen molar-refractivity contribution in [1.82, 2.24) is 0 Å². The normalized spacial score (nSPS) is 14.3. The molecular weight excluding hydrogens is 256 g/mol. The van der Waals surface area contributed by atoms with Crippen molar-refractivity contribution >= 4 is 23.0 Å². The van der Waals surface area contributed by atoms with Crippen LogP contribution in [-0.2, 0) is 13.0 Å². The van der Waals surface area contributed by atoms with Gasteiger partial charge in [0.2, 0.25) is 0 Å². The lowest BCUT2D eigenvalue weighted by atomic mass is 10.0. The molecule has 0 fully saturated rings. The average molecular weight is 273 g/mol. The third-order valence-electron chi connectivity index (χ3n) is 3.56. The Hall–Kier alpha value is -1.67. The first kappa shape index (κ1) is 12.4. The lowest BCUT2D eigenvalue weighted by Gasteiger charge is -2.31. The van der Waals surface area contributed by atoms with E-state index in [2.05, 4.69) is 29.2 Å². The zero-order valence-corrected chi connectivity index (χ0v) is 11.5. The van der Waals surface area contributed by atoms with Crippen molar-refractivity contribution in [1.29, 1.82) is 0 Å². The van der Waals surface area contributed by atoms with Crippen LogP contribution < -0.4 is 10.6 Å². The second-order valence-electron chi connectivity index (χ2n) is 5.05. The second-order valence-corrected chi connectivity index (χ2v) is 5.48. The molecule has 0 saturated carbocycles. The first-order valence-electron chi connectivity index (χ1n) is 6.60. The van der Waals surface area contributed by atoms with E-state index in [0.29, 0.717) is 5.02 Å². The van der Waals surface area contributed by atoms with E-state index in [1.165, 1.54) is 29.7 Å². The number of aryl methyl sites for hydroxylation is 1. The fourth-order valence-corrected chi connectivity index (χ4v) is 3.03. The number of anilines is 2. The predicted molar refractivity (Wildman–Crippen MR) is 81.7 cm³/mol. The van der Waals surface area contributed by atoms with Crippen molar-refractivity contribution < 1.29 is 0 Å². The van der Waals surface area contributed by atoms with Crippen LogP contribution in [0.3, 0.4) is 0 Å². The van der Waals surface area contributed by atoms with Gasteiger partial charge in [-0.15, -0.1) is 0 Å². The van der Waals surface area contributed by atoms with E-state index in [0.717, 1.165) is 18.8 Å². The number of nitrogen functional groups attached to an aromatic ring is 1. The maximum Gasteiger partial charge on any atom is 0.0430 e. The van der Waals surface area contributed by atoms with E-state index in [4.69, 9.17) is 17.3 Å². The molecule has 19 heavy (non-hydrogen) atoms. The molecule has 0 atom stereocenters. The summed E-state index contributed by atoms with van der Waals surface area (Å²) < 4.78 is 0. The first-order chi connectivity index (χ1) is 9.22. The molecule has 0 radical (unpaired) electrons. The van der Waals surface area contributed by atoms with Gasteiger partial charge in [-0.05, 0) is 48.2 Å². The number of benzene rings is 2. The van der Waals surface area contributed by atoms with Crippen LogP contribution in [0.4, 0.5) is 11.4 Å². The van der Waals surface area contributed by atoms with Gasteiger partial charge in [0.25, 0.3) is 0 Å². The number of fused-ring (bicyclic) bond motifs is 1. The highest BCUT2D eigenvalue weighted by Crippen LogP contribution is 2.28. The lowest BCUT2D eigenvalue weighted by molar-refractivity contribution is 0.691. The van der Waals surface area contributed by atoms with Crippen LogP contribution in [0.15, 0.2) is 42.5 Å². The van der Waals surface area contributed by atoms with Crippen LogP contribution in [0.2, 0.25) is 5.02 Å². The van der Waals surface area contributed by atoms with E-state index in [-0.39, 0.29) is 0 Å². The Balaban J connectivity index is 1.88. The molecule has 1 aliphatic heterocycles. The van der Waals surface area contributed by atoms with Crippen LogP contribution in [0, 0.1) is 0 Å². The van der Waals surface area contributed by atoms with Gasteiger partial charge < -0.3 is 10.6 Å². The van der Waals surface area contributed by atoms with Crippen molar-refractivity contribution in [2.75, 3.05) is 17.2 Å². The number of nitrogens with zero attached hydrogens (tertiary/aromatic N) is 1. The topological polar surface area (TPSA) is 29.3 Å². The summed E-state index contributed by atoms with van der Waals surface area (Å²) >= 11 is 6.07. The Bertz CT molecular complexity index is 575. The van der Waals surface area contributed by atoms with Crippen LogP contribution >= 0.6 is 11.6 Å². The molecule has 98 valence electrons. The molecule has 0 saturated heterocycles. The molecule has 0 aromatic heterocycles. The van der Waals surface area contributed by atoms with Crippen molar-refractivity contribution in [3.05, 3.63) is 58.6 Å². The van der Waals surface area contributed by atoms with E-state index in [1.807, 2.05) is 12.1 Å². The van der Waals surface area contributed by atoms with Crippen molar-refractivity contribution in [3.8, 4) is 0 Å². The van der Waals surface area contributed by atoms with E-state index < -0.39 is 0 Å². The van der Waals surface area contributed by atoms with E-state index >= 15 is 0 Å². The van der Waals surface area contributed by atoms with Gasteiger partial charge in [0.1, 0.15) is 0 Å². The van der Waals surface area contributed by atoms with Gasteiger partial charge in [-0.2, -0.15) is 0 Å². The van der Waals surface area contributed by atoms with Gasteiger partial charge in [0.15, 0.2) is 0 Å². The molecule has 0 unspecified atom stereocenters. The van der Waals surface area contributed by atoms with Crippen LogP contribution in [0.25, 0.3) is 0 Å². The maximum atomic E-state index is 6.07. The monoisotopic (exact) mass is 272 g/mol. The molecular formula is C16H17ClN2. The summed E-state index contributed by atoms with van der Waals surface area (Å²) in [4.78, 5) is 2.41. The summed E-state index contributed by atoms with van der Waals surface area (Å²) in [6.07, 6.45) is 2.37. The van der Waals surface area contributed by atoms with Crippen molar-refractivity contribution in [2.24, 2.45) is 0 Å². The molecule has 2 N–H and O–H groups in total. The van der Waals surface area contributed by atoms with E-state index in [9.17, 15) is 0 Å². The number of hydrogen-bond donors (Lipinski definition) is 1.